The standard InChI is InChI=1S/C58H39N3/c1-6-21-39(22-7-1)45-32-18-19-34-47(45)48-35-20-36-49(58-54(42-27-12-4-13-28-42)57(59-61-60-58)43-29-14-5-15-30-43)55(48)56-52-37-44-31-16-17-33-46(44)51(52)38-50(40-23-8-2-9-24-40)53(56)41-25-10-3-11-26-41/h1-36,38H,37H2. The zero-order valence-corrected chi connectivity index (χ0v) is 33.4. The molecule has 1 aliphatic carbocycles. The SMILES string of the molecule is c1ccc(-c2ccccc2-c2cccc(-c3nnnc(-c4ccccc4)c3-c3ccccc3)c2-c2c3c(cc(-c4ccccc4)c2-c2ccccc2)-c2ccccc2C3)cc1. The Morgan fingerprint density at radius 1 is 0.262 bits per heavy atom. The molecule has 61 heavy (non-hydrogen) atoms. The highest BCUT2D eigenvalue weighted by molar-refractivity contribution is 6.10. The molecule has 11 rings (SSSR count). The normalized spacial score (nSPS) is 11.5. The number of aromatic nitrogens is 3. The van der Waals surface area contributed by atoms with Crippen molar-refractivity contribution in [3.05, 3.63) is 236 Å². The second-order valence-electron chi connectivity index (χ2n) is 15.5. The molecular formula is C58H39N3. The van der Waals surface area contributed by atoms with Gasteiger partial charge in [-0.25, -0.2) is 0 Å². The van der Waals surface area contributed by atoms with Gasteiger partial charge in [-0.3, -0.25) is 0 Å². The van der Waals surface area contributed by atoms with E-state index < -0.39 is 0 Å². The molecule has 0 fully saturated rings. The van der Waals surface area contributed by atoms with E-state index in [0.29, 0.717) is 0 Å². The van der Waals surface area contributed by atoms with Gasteiger partial charge in [-0.2, -0.15) is 0 Å². The summed E-state index contributed by atoms with van der Waals surface area (Å²) in [4.78, 5) is 0. The molecule has 286 valence electrons. The second kappa shape index (κ2) is 15.6. The highest BCUT2D eigenvalue weighted by Gasteiger charge is 2.32. The van der Waals surface area contributed by atoms with Gasteiger partial charge in [0.25, 0.3) is 0 Å². The minimum absolute atomic E-state index is 0.780. The van der Waals surface area contributed by atoms with Gasteiger partial charge in [0, 0.05) is 16.7 Å². The lowest BCUT2D eigenvalue weighted by molar-refractivity contribution is 0.879. The third kappa shape index (κ3) is 6.44. The topological polar surface area (TPSA) is 38.7 Å². The van der Waals surface area contributed by atoms with Crippen molar-refractivity contribution >= 4 is 0 Å². The molecule has 0 bridgehead atoms. The quantitative estimate of drug-likeness (QED) is 0.154. The summed E-state index contributed by atoms with van der Waals surface area (Å²) in [5.41, 5.74) is 22.3. The van der Waals surface area contributed by atoms with E-state index in [4.69, 9.17) is 10.2 Å². The van der Waals surface area contributed by atoms with E-state index >= 15 is 0 Å². The zero-order valence-electron chi connectivity index (χ0n) is 33.4. The number of fused-ring (bicyclic) bond motifs is 3. The molecule has 9 aromatic carbocycles. The Hall–Kier alpha value is -8.01. The average Bonchev–Trinajstić information content (AvgIpc) is 3.73. The van der Waals surface area contributed by atoms with E-state index in [0.717, 1.165) is 73.4 Å². The largest absolute Gasteiger partial charge is 0.129 e. The van der Waals surface area contributed by atoms with Crippen LogP contribution in [-0.2, 0) is 6.42 Å². The molecule has 0 N–H and O–H groups in total. The van der Waals surface area contributed by atoms with E-state index in [9.17, 15) is 0 Å². The van der Waals surface area contributed by atoms with Gasteiger partial charge < -0.3 is 0 Å². The van der Waals surface area contributed by atoms with Gasteiger partial charge in [-0.1, -0.05) is 218 Å². The monoisotopic (exact) mass is 777 g/mol. The fraction of sp³-hybridized carbons (Fsp3) is 0.0172. The summed E-state index contributed by atoms with van der Waals surface area (Å²) in [7, 11) is 0. The maximum atomic E-state index is 5.07. The summed E-state index contributed by atoms with van der Waals surface area (Å²) < 4.78 is 0. The Morgan fingerprint density at radius 2 is 0.721 bits per heavy atom. The van der Waals surface area contributed by atoms with E-state index in [-0.39, 0.29) is 0 Å². The lowest BCUT2D eigenvalue weighted by Gasteiger charge is -2.26. The Bertz CT molecular complexity index is 3180. The van der Waals surface area contributed by atoms with E-state index in [2.05, 4.69) is 224 Å². The molecular weight excluding hydrogens is 739 g/mol. The van der Waals surface area contributed by atoms with Gasteiger partial charge in [0.15, 0.2) is 0 Å². The van der Waals surface area contributed by atoms with Crippen LogP contribution in [0.1, 0.15) is 11.1 Å². The molecule has 0 saturated carbocycles. The van der Waals surface area contributed by atoms with Crippen molar-refractivity contribution in [2.45, 2.75) is 6.42 Å². The number of hydrogen-bond acceptors (Lipinski definition) is 3. The highest BCUT2D eigenvalue weighted by Crippen LogP contribution is 2.55. The van der Waals surface area contributed by atoms with Gasteiger partial charge in [0.1, 0.15) is 11.4 Å². The summed E-state index contributed by atoms with van der Waals surface area (Å²) in [6, 6.07) is 80.3. The van der Waals surface area contributed by atoms with Crippen molar-refractivity contribution in [1.82, 2.24) is 15.4 Å². The number of benzene rings is 9. The van der Waals surface area contributed by atoms with Crippen LogP contribution >= 0.6 is 0 Å². The van der Waals surface area contributed by atoms with Gasteiger partial charge in [0.05, 0.1) is 0 Å². The van der Waals surface area contributed by atoms with Crippen molar-refractivity contribution in [2.75, 3.05) is 0 Å². The molecule has 1 heterocycles. The third-order valence-electron chi connectivity index (χ3n) is 12.0. The molecule has 0 atom stereocenters. The molecule has 0 radical (unpaired) electrons. The summed E-state index contributed by atoms with van der Waals surface area (Å²) in [6.45, 7) is 0. The number of rotatable bonds is 8. The molecule has 3 nitrogen and oxygen atoms in total. The minimum Gasteiger partial charge on any atom is -0.129 e. The first-order chi connectivity index (χ1) is 30.3. The summed E-state index contributed by atoms with van der Waals surface area (Å²) in [6.07, 6.45) is 0.798. The second-order valence-corrected chi connectivity index (χ2v) is 15.5. The average molecular weight is 778 g/mol. The number of nitrogens with zero attached hydrogens (tertiary/aromatic N) is 3. The smallest absolute Gasteiger partial charge is 0.105 e. The molecule has 0 spiro atoms. The molecule has 0 aliphatic heterocycles. The van der Waals surface area contributed by atoms with E-state index in [1.807, 2.05) is 6.07 Å². The van der Waals surface area contributed by atoms with Crippen LogP contribution in [0.15, 0.2) is 224 Å². The lowest BCUT2D eigenvalue weighted by Crippen LogP contribution is -2.04. The van der Waals surface area contributed by atoms with Crippen LogP contribution < -0.4 is 0 Å². The molecule has 0 unspecified atom stereocenters. The maximum absolute atomic E-state index is 5.07. The van der Waals surface area contributed by atoms with Crippen LogP contribution in [0.2, 0.25) is 0 Å². The van der Waals surface area contributed by atoms with Crippen LogP contribution in [-0.4, -0.2) is 15.4 Å². The predicted molar refractivity (Wildman–Crippen MR) is 252 cm³/mol. The Kier molecular flexibility index (Phi) is 9.25. The van der Waals surface area contributed by atoms with Crippen LogP contribution in [0.5, 0.6) is 0 Å². The molecule has 0 saturated heterocycles. The van der Waals surface area contributed by atoms with E-state index in [1.165, 1.54) is 44.5 Å². The Labute approximate surface area is 356 Å². The summed E-state index contributed by atoms with van der Waals surface area (Å²) in [5, 5.41) is 14.4. The van der Waals surface area contributed by atoms with Crippen LogP contribution in [0.4, 0.5) is 0 Å². The van der Waals surface area contributed by atoms with Crippen molar-refractivity contribution in [1.29, 1.82) is 0 Å². The molecule has 1 aliphatic rings. The third-order valence-corrected chi connectivity index (χ3v) is 12.0. The van der Waals surface area contributed by atoms with E-state index in [1.54, 1.807) is 0 Å². The first kappa shape index (κ1) is 36.1. The van der Waals surface area contributed by atoms with Gasteiger partial charge in [0.2, 0.25) is 0 Å². The molecule has 10 aromatic rings. The first-order valence-corrected chi connectivity index (χ1v) is 20.8. The van der Waals surface area contributed by atoms with Gasteiger partial charge in [-0.15, -0.1) is 10.2 Å². The van der Waals surface area contributed by atoms with Gasteiger partial charge >= 0.3 is 0 Å². The Balaban J connectivity index is 1.34. The molecule has 0 amide bonds. The van der Waals surface area contributed by atoms with Gasteiger partial charge in [-0.05, 0) is 101 Å². The number of hydrogen-bond donors (Lipinski definition) is 0. The zero-order chi connectivity index (χ0) is 40.5. The van der Waals surface area contributed by atoms with Crippen LogP contribution in [0.3, 0.4) is 0 Å². The van der Waals surface area contributed by atoms with Crippen LogP contribution in [0.25, 0.3) is 100 Å². The van der Waals surface area contributed by atoms with Crippen molar-refractivity contribution in [3.63, 3.8) is 0 Å². The van der Waals surface area contributed by atoms with Crippen molar-refractivity contribution in [2.24, 2.45) is 0 Å². The van der Waals surface area contributed by atoms with Crippen molar-refractivity contribution < 1.29 is 0 Å². The Morgan fingerprint density at radius 3 is 1.36 bits per heavy atom. The molecule has 1 aromatic heterocycles. The first-order valence-electron chi connectivity index (χ1n) is 20.8. The van der Waals surface area contributed by atoms with Crippen molar-refractivity contribution in [3.8, 4) is 100 Å². The minimum atomic E-state index is 0.780. The summed E-state index contributed by atoms with van der Waals surface area (Å²) >= 11 is 0. The fourth-order valence-corrected chi connectivity index (χ4v) is 9.32. The highest BCUT2D eigenvalue weighted by atomic mass is 15.3. The summed E-state index contributed by atoms with van der Waals surface area (Å²) in [5.74, 6) is 0. The maximum Gasteiger partial charge on any atom is 0.105 e. The predicted octanol–water partition coefficient (Wildman–Crippen LogP) is 14.8. The lowest BCUT2D eigenvalue weighted by atomic mass is 9.77. The fourth-order valence-electron chi connectivity index (χ4n) is 9.32. The molecule has 3 heteroatoms. The van der Waals surface area contributed by atoms with Crippen LogP contribution in [0, 0.1) is 0 Å².